The number of piperidine rings is 1. The van der Waals surface area contributed by atoms with Crippen LogP contribution in [-0.4, -0.2) is 48.3 Å². The van der Waals surface area contributed by atoms with Gasteiger partial charge in [0, 0.05) is 37.9 Å². The van der Waals surface area contributed by atoms with E-state index in [1.165, 1.54) is 37.8 Å². The third kappa shape index (κ3) is 3.41. The van der Waals surface area contributed by atoms with Crippen LogP contribution in [0, 0.1) is 0 Å². The fraction of sp³-hybridized carbons (Fsp3) is 0.667. The van der Waals surface area contributed by atoms with Crippen LogP contribution in [0.2, 0.25) is 0 Å². The molecule has 1 heterocycles. The van der Waals surface area contributed by atoms with Gasteiger partial charge in [0.1, 0.15) is 0 Å². The molecule has 2 aliphatic rings. The number of para-hydroxylation sites is 1. The third-order valence-corrected chi connectivity index (χ3v) is 5.37. The zero-order chi connectivity index (χ0) is 14.7. The molecule has 3 nitrogen and oxygen atoms in total. The fourth-order valence-corrected chi connectivity index (χ4v) is 4.00. The number of aliphatic hydroxyl groups excluding tert-OH is 1. The Bertz CT molecular complexity index is 428. The summed E-state index contributed by atoms with van der Waals surface area (Å²) in [6.07, 6.45) is 6.97. The number of hydrogen-bond donors (Lipinski definition) is 1. The standard InChI is InChI=1S/C18H28N2O/c1-19(15-7-3-2-4-8-15)16-11-13-20(14-12-16)17-9-5-6-10-18(17)21/h2-4,7-8,16-18,21H,5-6,9-14H2,1H3/t17-,18-/m1/s1. The molecule has 0 unspecified atom stereocenters. The van der Waals surface area contributed by atoms with Gasteiger partial charge in [-0.1, -0.05) is 31.0 Å². The highest BCUT2D eigenvalue weighted by Gasteiger charge is 2.32. The Morgan fingerprint density at radius 1 is 1.00 bits per heavy atom. The first-order chi connectivity index (χ1) is 10.3. The van der Waals surface area contributed by atoms with Crippen molar-refractivity contribution < 1.29 is 5.11 Å². The first kappa shape index (κ1) is 14.9. The molecule has 1 aliphatic carbocycles. The lowest BCUT2D eigenvalue weighted by Gasteiger charge is -2.43. The normalized spacial score (nSPS) is 28.5. The summed E-state index contributed by atoms with van der Waals surface area (Å²) in [5, 5.41) is 10.2. The first-order valence-electron chi connectivity index (χ1n) is 8.45. The summed E-state index contributed by atoms with van der Waals surface area (Å²) in [5.74, 6) is 0. The van der Waals surface area contributed by atoms with Crippen molar-refractivity contribution in [1.29, 1.82) is 0 Å². The highest BCUT2D eigenvalue weighted by atomic mass is 16.3. The van der Waals surface area contributed by atoms with Crippen LogP contribution in [-0.2, 0) is 0 Å². The fourth-order valence-electron chi connectivity index (χ4n) is 4.00. The molecular formula is C18H28N2O. The molecule has 1 N–H and O–H groups in total. The van der Waals surface area contributed by atoms with Gasteiger partial charge in [-0.3, -0.25) is 4.90 Å². The van der Waals surface area contributed by atoms with Gasteiger partial charge in [-0.25, -0.2) is 0 Å². The molecule has 1 aromatic carbocycles. The Balaban J connectivity index is 1.55. The van der Waals surface area contributed by atoms with E-state index >= 15 is 0 Å². The van der Waals surface area contributed by atoms with Crippen molar-refractivity contribution in [3.8, 4) is 0 Å². The SMILES string of the molecule is CN(c1ccccc1)C1CCN([C@@H]2CCCC[C@H]2O)CC1. The molecule has 1 aromatic rings. The van der Waals surface area contributed by atoms with E-state index in [0.29, 0.717) is 12.1 Å². The van der Waals surface area contributed by atoms with E-state index in [1.54, 1.807) is 0 Å². The monoisotopic (exact) mass is 288 g/mol. The average molecular weight is 288 g/mol. The van der Waals surface area contributed by atoms with Crippen molar-refractivity contribution in [2.24, 2.45) is 0 Å². The second-order valence-corrected chi connectivity index (χ2v) is 6.63. The summed E-state index contributed by atoms with van der Waals surface area (Å²) in [5.41, 5.74) is 1.31. The molecule has 1 aliphatic heterocycles. The number of likely N-dealkylation sites (tertiary alicyclic amines) is 1. The van der Waals surface area contributed by atoms with Gasteiger partial charge in [0.2, 0.25) is 0 Å². The maximum absolute atomic E-state index is 10.2. The van der Waals surface area contributed by atoms with Crippen LogP contribution in [0.4, 0.5) is 5.69 Å². The topological polar surface area (TPSA) is 26.7 Å². The number of anilines is 1. The summed E-state index contributed by atoms with van der Waals surface area (Å²) in [6.45, 7) is 2.26. The van der Waals surface area contributed by atoms with E-state index in [2.05, 4.69) is 47.2 Å². The van der Waals surface area contributed by atoms with Gasteiger partial charge in [0.25, 0.3) is 0 Å². The lowest BCUT2D eigenvalue weighted by molar-refractivity contribution is 0.00888. The maximum atomic E-state index is 10.2. The largest absolute Gasteiger partial charge is 0.391 e. The Labute approximate surface area is 128 Å². The van der Waals surface area contributed by atoms with Gasteiger partial charge >= 0.3 is 0 Å². The molecule has 2 fully saturated rings. The summed E-state index contributed by atoms with van der Waals surface area (Å²) in [4.78, 5) is 4.97. The van der Waals surface area contributed by atoms with E-state index in [1.807, 2.05) is 0 Å². The van der Waals surface area contributed by atoms with E-state index in [-0.39, 0.29) is 6.10 Å². The average Bonchev–Trinajstić information content (AvgIpc) is 2.56. The van der Waals surface area contributed by atoms with E-state index < -0.39 is 0 Å². The van der Waals surface area contributed by atoms with Crippen molar-refractivity contribution in [3.63, 3.8) is 0 Å². The zero-order valence-corrected chi connectivity index (χ0v) is 13.1. The zero-order valence-electron chi connectivity index (χ0n) is 13.1. The van der Waals surface area contributed by atoms with Gasteiger partial charge in [-0.2, -0.15) is 0 Å². The molecule has 2 atom stereocenters. The van der Waals surface area contributed by atoms with Crippen LogP contribution in [0.15, 0.2) is 30.3 Å². The number of aliphatic hydroxyl groups is 1. The molecule has 0 spiro atoms. The lowest BCUT2D eigenvalue weighted by atomic mass is 9.89. The van der Waals surface area contributed by atoms with Crippen molar-refractivity contribution >= 4 is 5.69 Å². The first-order valence-corrected chi connectivity index (χ1v) is 8.45. The van der Waals surface area contributed by atoms with Crippen LogP contribution < -0.4 is 4.90 Å². The highest BCUT2D eigenvalue weighted by molar-refractivity contribution is 5.46. The minimum atomic E-state index is -0.0952. The highest BCUT2D eigenvalue weighted by Crippen LogP contribution is 2.28. The number of nitrogens with zero attached hydrogens (tertiary/aromatic N) is 2. The minimum Gasteiger partial charge on any atom is -0.391 e. The van der Waals surface area contributed by atoms with Crippen molar-refractivity contribution in [2.45, 2.75) is 56.7 Å². The molecule has 0 radical (unpaired) electrons. The van der Waals surface area contributed by atoms with Crippen LogP contribution in [0.1, 0.15) is 38.5 Å². The quantitative estimate of drug-likeness (QED) is 0.926. The van der Waals surface area contributed by atoms with Crippen LogP contribution in [0.25, 0.3) is 0 Å². The van der Waals surface area contributed by atoms with Gasteiger partial charge in [-0.15, -0.1) is 0 Å². The Kier molecular flexibility index (Phi) is 4.81. The summed E-state index contributed by atoms with van der Waals surface area (Å²) in [7, 11) is 2.21. The lowest BCUT2D eigenvalue weighted by Crippen LogP contribution is -2.51. The Morgan fingerprint density at radius 2 is 1.67 bits per heavy atom. The summed E-state index contributed by atoms with van der Waals surface area (Å²) < 4.78 is 0. The molecule has 0 amide bonds. The van der Waals surface area contributed by atoms with Crippen LogP contribution in [0.3, 0.4) is 0 Å². The smallest absolute Gasteiger partial charge is 0.0695 e. The van der Waals surface area contributed by atoms with E-state index in [9.17, 15) is 5.11 Å². The summed E-state index contributed by atoms with van der Waals surface area (Å²) >= 11 is 0. The molecule has 3 rings (SSSR count). The predicted molar refractivity (Wildman–Crippen MR) is 87.7 cm³/mol. The Morgan fingerprint density at radius 3 is 2.33 bits per heavy atom. The molecular weight excluding hydrogens is 260 g/mol. The maximum Gasteiger partial charge on any atom is 0.0695 e. The molecule has 3 heteroatoms. The van der Waals surface area contributed by atoms with E-state index in [0.717, 1.165) is 19.5 Å². The van der Waals surface area contributed by atoms with Gasteiger partial charge in [0.05, 0.1) is 6.10 Å². The van der Waals surface area contributed by atoms with Crippen molar-refractivity contribution in [1.82, 2.24) is 4.90 Å². The molecule has 21 heavy (non-hydrogen) atoms. The Hall–Kier alpha value is -1.06. The van der Waals surface area contributed by atoms with Crippen molar-refractivity contribution in [3.05, 3.63) is 30.3 Å². The molecule has 116 valence electrons. The molecule has 1 saturated heterocycles. The second kappa shape index (κ2) is 6.80. The number of rotatable bonds is 3. The van der Waals surface area contributed by atoms with Gasteiger partial charge in [0.15, 0.2) is 0 Å². The van der Waals surface area contributed by atoms with E-state index in [4.69, 9.17) is 0 Å². The second-order valence-electron chi connectivity index (χ2n) is 6.63. The van der Waals surface area contributed by atoms with Gasteiger partial charge in [-0.05, 0) is 37.8 Å². The number of benzene rings is 1. The molecule has 0 aromatic heterocycles. The predicted octanol–water partition coefficient (Wildman–Crippen LogP) is 2.89. The minimum absolute atomic E-state index is 0.0952. The van der Waals surface area contributed by atoms with Gasteiger partial charge < -0.3 is 10.0 Å². The molecule has 1 saturated carbocycles. The van der Waals surface area contributed by atoms with Crippen LogP contribution in [0.5, 0.6) is 0 Å². The van der Waals surface area contributed by atoms with Crippen LogP contribution >= 0.6 is 0 Å². The number of hydrogen-bond acceptors (Lipinski definition) is 3. The molecule has 0 bridgehead atoms. The third-order valence-electron chi connectivity index (χ3n) is 5.37. The van der Waals surface area contributed by atoms with Crippen molar-refractivity contribution in [2.75, 3.05) is 25.0 Å². The summed E-state index contributed by atoms with van der Waals surface area (Å²) in [6, 6.07) is 11.7.